The maximum atomic E-state index is 13.1. The molecule has 1 saturated heterocycles. The van der Waals surface area contributed by atoms with Crippen molar-refractivity contribution in [2.45, 2.75) is 18.2 Å². The summed E-state index contributed by atoms with van der Waals surface area (Å²) in [7, 11) is 1.18. The molecule has 0 aromatic heterocycles. The van der Waals surface area contributed by atoms with Gasteiger partial charge in [-0.1, -0.05) is 6.92 Å². The number of nitrogens with zero attached hydrogens (tertiary/aromatic N) is 1. The largest absolute Gasteiger partial charge is 0.497 e. The molecule has 2 aliphatic rings. The van der Waals surface area contributed by atoms with Crippen LogP contribution in [-0.2, 0) is 10.0 Å². The molecule has 1 aliphatic heterocycles. The standard InChI is InChI=1S/C21H25NO5S/c1-21-11-14(21)12-22(13-21)28(23,24)16-6-8-18(20(10-16)27-4)17-7-5-15(25-2)9-19(17)26-3/h5-10,14H,11-13H2,1-4H3/t14-,21+/m0/s1. The highest BCUT2D eigenvalue weighted by Gasteiger charge is 2.58. The van der Waals surface area contributed by atoms with Crippen molar-refractivity contribution < 1.29 is 22.6 Å². The first-order valence-corrected chi connectivity index (χ1v) is 10.7. The van der Waals surface area contributed by atoms with Gasteiger partial charge in [0.15, 0.2) is 0 Å². The molecule has 28 heavy (non-hydrogen) atoms. The summed E-state index contributed by atoms with van der Waals surface area (Å²) in [6, 6.07) is 10.5. The van der Waals surface area contributed by atoms with Gasteiger partial charge in [-0.3, -0.25) is 0 Å². The van der Waals surface area contributed by atoms with Crippen molar-refractivity contribution in [3.05, 3.63) is 36.4 Å². The highest BCUT2D eigenvalue weighted by molar-refractivity contribution is 7.89. The molecule has 0 spiro atoms. The van der Waals surface area contributed by atoms with Crippen LogP contribution in [0.1, 0.15) is 13.3 Å². The summed E-state index contributed by atoms with van der Waals surface area (Å²) in [5, 5.41) is 0. The minimum absolute atomic E-state index is 0.160. The summed E-state index contributed by atoms with van der Waals surface area (Å²) in [6.45, 7) is 3.36. The number of hydrogen-bond donors (Lipinski definition) is 0. The number of ether oxygens (including phenoxy) is 3. The van der Waals surface area contributed by atoms with E-state index in [0.29, 0.717) is 36.3 Å². The molecule has 150 valence electrons. The molecule has 2 fully saturated rings. The second-order valence-corrected chi connectivity index (χ2v) is 9.72. The van der Waals surface area contributed by atoms with Gasteiger partial charge in [0.25, 0.3) is 0 Å². The van der Waals surface area contributed by atoms with E-state index >= 15 is 0 Å². The molecule has 2 aromatic carbocycles. The lowest BCUT2D eigenvalue weighted by atomic mass is 10.0. The van der Waals surface area contributed by atoms with E-state index in [2.05, 4.69) is 6.92 Å². The zero-order valence-electron chi connectivity index (χ0n) is 16.6. The Kier molecular flexibility index (Phi) is 4.55. The summed E-state index contributed by atoms with van der Waals surface area (Å²) in [5.74, 6) is 2.28. The first kappa shape index (κ1) is 19.1. The van der Waals surface area contributed by atoms with E-state index in [-0.39, 0.29) is 10.3 Å². The molecule has 0 bridgehead atoms. The van der Waals surface area contributed by atoms with Gasteiger partial charge < -0.3 is 14.2 Å². The first-order chi connectivity index (χ1) is 13.3. The van der Waals surface area contributed by atoms with Gasteiger partial charge in [-0.2, -0.15) is 4.31 Å². The van der Waals surface area contributed by atoms with Crippen LogP contribution >= 0.6 is 0 Å². The third kappa shape index (κ3) is 3.02. The number of piperidine rings is 1. The summed E-state index contributed by atoms with van der Waals surface area (Å²) >= 11 is 0. The van der Waals surface area contributed by atoms with Gasteiger partial charge >= 0.3 is 0 Å². The van der Waals surface area contributed by atoms with E-state index in [0.717, 1.165) is 17.5 Å². The number of rotatable bonds is 6. The van der Waals surface area contributed by atoms with Gasteiger partial charge in [0.2, 0.25) is 10.0 Å². The average Bonchev–Trinajstić information content (AvgIpc) is 3.22. The quantitative estimate of drug-likeness (QED) is 0.740. The molecule has 7 heteroatoms. The smallest absolute Gasteiger partial charge is 0.243 e. The third-order valence-electron chi connectivity index (χ3n) is 6.01. The molecule has 2 aromatic rings. The zero-order chi connectivity index (χ0) is 20.1. The minimum atomic E-state index is -3.54. The van der Waals surface area contributed by atoms with Crippen molar-refractivity contribution in [2.24, 2.45) is 11.3 Å². The number of methoxy groups -OCH3 is 3. The topological polar surface area (TPSA) is 65.1 Å². The van der Waals surface area contributed by atoms with E-state index in [1.54, 1.807) is 42.8 Å². The number of benzene rings is 2. The van der Waals surface area contributed by atoms with Crippen LogP contribution in [-0.4, -0.2) is 47.1 Å². The molecule has 2 atom stereocenters. The second-order valence-electron chi connectivity index (χ2n) is 7.78. The van der Waals surface area contributed by atoms with Crippen LogP contribution < -0.4 is 14.2 Å². The Morgan fingerprint density at radius 2 is 1.61 bits per heavy atom. The van der Waals surface area contributed by atoms with Crippen molar-refractivity contribution in [3.63, 3.8) is 0 Å². The van der Waals surface area contributed by atoms with Gasteiger partial charge in [-0.25, -0.2) is 8.42 Å². The van der Waals surface area contributed by atoms with Crippen LogP contribution in [0, 0.1) is 11.3 Å². The summed E-state index contributed by atoms with van der Waals surface area (Å²) in [5.41, 5.74) is 1.73. The van der Waals surface area contributed by atoms with Gasteiger partial charge in [0.05, 0.1) is 26.2 Å². The lowest BCUT2D eigenvalue weighted by Crippen LogP contribution is -2.31. The number of sulfonamides is 1. The van der Waals surface area contributed by atoms with Crippen LogP contribution in [0.15, 0.2) is 41.3 Å². The Bertz CT molecular complexity index is 1020. The van der Waals surface area contributed by atoms with E-state index in [1.165, 1.54) is 7.11 Å². The Hall–Kier alpha value is -2.25. The van der Waals surface area contributed by atoms with E-state index in [9.17, 15) is 8.42 Å². The Morgan fingerprint density at radius 3 is 2.18 bits per heavy atom. The molecule has 0 radical (unpaired) electrons. The van der Waals surface area contributed by atoms with Crippen LogP contribution in [0.2, 0.25) is 0 Å². The molecule has 1 saturated carbocycles. The van der Waals surface area contributed by atoms with Crippen LogP contribution in [0.4, 0.5) is 0 Å². The van der Waals surface area contributed by atoms with Gasteiger partial charge in [0.1, 0.15) is 17.2 Å². The fourth-order valence-corrected chi connectivity index (χ4v) is 5.74. The van der Waals surface area contributed by atoms with Gasteiger partial charge in [-0.15, -0.1) is 0 Å². The molecule has 1 aliphatic carbocycles. The molecular formula is C21H25NO5S. The second kappa shape index (κ2) is 6.67. The molecule has 0 unspecified atom stereocenters. The lowest BCUT2D eigenvalue weighted by Gasteiger charge is -2.20. The highest BCUT2D eigenvalue weighted by Crippen LogP contribution is 2.58. The normalized spacial score (nSPS) is 23.9. The Balaban J connectivity index is 1.71. The van der Waals surface area contributed by atoms with E-state index in [4.69, 9.17) is 14.2 Å². The molecule has 0 N–H and O–H groups in total. The monoisotopic (exact) mass is 403 g/mol. The molecule has 0 amide bonds. The maximum Gasteiger partial charge on any atom is 0.243 e. The Labute approximate surface area is 166 Å². The highest BCUT2D eigenvalue weighted by atomic mass is 32.2. The van der Waals surface area contributed by atoms with Crippen molar-refractivity contribution in [3.8, 4) is 28.4 Å². The third-order valence-corrected chi connectivity index (χ3v) is 7.82. The zero-order valence-corrected chi connectivity index (χ0v) is 17.4. The predicted octanol–water partition coefficient (Wildman–Crippen LogP) is 3.41. The van der Waals surface area contributed by atoms with Crippen molar-refractivity contribution in [1.29, 1.82) is 0 Å². The number of hydrogen-bond acceptors (Lipinski definition) is 5. The van der Waals surface area contributed by atoms with Crippen LogP contribution in [0.3, 0.4) is 0 Å². The summed E-state index contributed by atoms with van der Waals surface area (Å²) in [6.07, 6.45) is 1.12. The summed E-state index contributed by atoms with van der Waals surface area (Å²) in [4.78, 5) is 0.255. The van der Waals surface area contributed by atoms with E-state index < -0.39 is 10.0 Å². The van der Waals surface area contributed by atoms with Crippen molar-refractivity contribution in [1.82, 2.24) is 4.31 Å². The fraction of sp³-hybridized carbons (Fsp3) is 0.429. The van der Waals surface area contributed by atoms with Crippen molar-refractivity contribution >= 4 is 10.0 Å². The molecule has 1 heterocycles. The van der Waals surface area contributed by atoms with Gasteiger partial charge in [-0.05, 0) is 42.0 Å². The molecule has 6 nitrogen and oxygen atoms in total. The predicted molar refractivity (Wildman–Crippen MR) is 107 cm³/mol. The summed E-state index contributed by atoms with van der Waals surface area (Å²) < 4.78 is 44.1. The van der Waals surface area contributed by atoms with Crippen LogP contribution in [0.5, 0.6) is 17.2 Å². The van der Waals surface area contributed by atoms with Gasteiger partial charge in [0, 0.05) is 36.3 Å². The number of fused-ring (bicyclic) bond motifs is 1. The van der Waals surface area contributed by atoms with Crippen molar-refractivity contribution in [2.75, 3.05) is 34.4 Å². The molecular weight excluding hydrogens is 378 g/mol. The lowest BCUT2D eigenvalue weighted by molar-refractivity contribution is 0.394. The SMILES string of the molecule is COc1ccc(-c2ccc(S(=O)(=O)N3C[C@@H]4C[C@]4(C)C3)cc2OC)c(OC)c1. The first-order valence-electron chi connectivity index (χ1n) is 9.23. The maximum absolute atomic E-state index is 13.1. The molecule has 4 rings (SSSR count). The van der Waals surface area contributed by atoms with Crippen LogP contribution in [0.25, 0.3) is 11.1 Å². The fourth-order valence-electron chi connectivity index (χ4n) is 4.10. The average molecular weight is 404 g/mol. The minimum Gasteiger partial charge on any atom is -0.497 e. The Morgan fingerprint density at radius 1 is 0.964 bits per heavy atom. The van der Waals surface area contributed by atoms with E-state index in [1.807, 2.05) is 12.1 Å².